The summed E-state index contributed by atoms with van der Waals surface area (Å²) in [4.78, 5) is 0.240. The van der Waals surface area contributed by atoms with Crippen molar-refractivity contribution in [3.63, 3.8) is 0 Å². The van der Waals surface area contributed by atoms with Gasteiger partial charge >= 0.3 is 0 Å². The van der Waals surface area contributed by atoms with E-state index >= 15 is 0 Å². The van der Waals surface area contributed by atoms with Gasteiger partial charge in [-0.3, -0.25) is 4.72 Å². The molecular weight excluding hydrogens is 362 g/mol. The molecule has 0 aliphatic heterocycles. The van der Waals surface area contributed by atoms with Crippen LogP contribution < -0.4 is 4.72 Å². The van der Waals surface area contributed by atoms with Crippen LogP contribution in [-0.4, -0.2) is 8.42 Å². The maximum Gasteiger partial charge on any atom is 0.263 e. The zero-order valence-electron chi connectivity index (χ0n) is 12.8. The Labute approximate surface area is 140 Å². The van der Waals surface area contributed by atoms with Crippen LogP contribution in [0, 0.1) is 6.92 Å². The van der Waals surface area contributed by atoms with E-state index in [0.29, 0.717) is 10.2 Å². The second kappa shape index (κ2) is 7.29. The first kappa shape index (κ1) is 17.0. The van der Waals surface area contributed by atoms with Crippen molar-refractivity contribution in [1.29, 1.82) is 0 Å². The van der Waals surface area contributed by atoms with Crippen LogP contribution in [-0.2, 0) is 16.4 Å². The molecule has 0 aromatic heterocycles. The van der Waals surface area contributed by atoms with Crippen molar-refractivity contribution in [2.75, 3.05) is 4.72 Å². The summed E-state index contributed by atoms with van der Waals surface area (Å²) in [6.45, 7) is 4.08. The molecule has 0 amide bonds. The quantitative estimate of drug-likeness (QED) is 0.772. The molecule has 22 heavy (non-hydrogen) atoms. The number of sulfonamides is 1. The second-order valence-electron chi connectivity index (χ2n) is 5.29. The molecule has 1 N–H and O–H groups in total. The molecule has 118 valence electrons. The van der Waals surface area contributed by atoms with Gasteiger partial charge in [-0.25, -0.2) is 8.42 Å². The highest BCUT2D eigenvalue weighted by atomic mass is 79.9. The molecule has 0 saturated carbocycles. The molecule has 0 unspecified atom stereocenters. The number of aryl methyl sites for hydroxylation is 2. The SMILES string of the molecule is CCCCc1ccc(NS(=O)(=O)c2ccccc2Br)c(C)c1. The van der Waals surface area contributed by atoms with E-state index in [1.165, 1.54) is 5.56 Å². The van der Waals surface area contributed by atoms with Crippen LogP contribution in [0.5, 0.6) is 0 Å². The zero-order valence-corrected chi connectivity index (χ0v) is 15.2. The Morgan fingerprint density at radius 3 is 2.50 bits per heavy atom. The Balaban J connectivity index is 2.25. The molecule has 2 aromatic rings. The number of nitrogens with one attached hydrogen (secondary N) is 1. The van der Waals surface area contributed by atoms with Gasteiger partial charge in [-0.05, 0) is 65.0 Å². The maximum absolute atomic E-state index is 12.5. The summed E-state index contributed by atoms with van der Waals surface area (Å²) in [5, 5.41) is 0. The molecule has 2 rings (SSSR count). The number of rotatable bonds is 6. The fourth-order valence-corrected chi connectivity index (χ4v) is 4.37. The first-order chi connectivity index (χ1) is 10.4. The molecule has 0 saturated heterocycles. The first-order valence-electron chi connectivity index (χ1n) is 7.31. The Bertz CT molecular complexity index is 757. The molecule has 0 aliphatic rings. The van der Waals surface area contributed by atoms with Crippen LogP contribution in [0.25, 0.3) is 0 Å². The molecule has 0 bridgehead atoms. The third-order valence-corrected chi connectivity index (χ3v) is 5.86. The van der Waals surface area contributed by atoms with E-state index in [-0.39, 0.29) is 4.90 Å². The van der Waals surface area contributed by atoms with Gasteiger partial charge in [0, 0.05) is 4.47 Å². The number of benzene rings is 2. The van der Waals surface area contributed by atoms with Gasteiger partial charge in [-0.1, -0.05) is 37.6 Å². The van der Waals surface area contributed by atoms with Crippen LogP contribution in [0.2, 0.25) is 0 Å². The summed E-state index contributed by atoms with van der Waals surface area (Å²) in [5.41, 5.74) is 2.79. The summed E-state index contributed by atoms with van der Waals surface area (Å²) < 4.78 is 28.2. The Morgan fingerprint density at radius 2 is 1.86 bits per heavy atom. The molecule has 0 atom stereocenters. The van der Waals surface area contributed by atoms with Gasteiger partial charge in [-0.2, -0.15) is 0 Å². The summed E-state index contributed by atoms with van der Waals surface area (Å²) in [5.74, 6) is 0. The smallest absolute Gasteiger partial charge is 0.263 e. The van der Waals surface area contributed by atoms with Crippen molar-refractivity contribution in [2.24, 2.45) is 0 Å². The lowest BCUT2D eigenvalue weighted by Crippen LogP contribution is -2.14. The van der Waals surface area contributed by atoms with Crippen LogP contribution >= 0.6 is 15.9 Å². The molecule has 0 radical (unpaired) electrons. The predicted octanol–water partition coefficient (Wildman–Crippen LogP) is 4.90. The van der Waals surface area contributed by atoms with E-state index in [9.17, 15) is 8.42 Å². The van der Waals surface area contributed by atoms with Gasteiger partial charge < -0.3 is 0 Å². The number of halogens is 1. The van der Waals surface area contributed by atoms with E-state index in [4.69, 9.17) is 0 Å². The van der Waals surface area contributed by atoms with E-state index in [1.807, 2.05) is 25.1 Å². The minimum absolute atomic E-state index is 0.240. The second-order valence-corrected chi connectivity index (χ2v) is 7.79. The lowest BCUT2D eigenvalue weighted by molar-refractivity contribution is 0.600. The number of hydrogen-bond acceptors (Lipinski definition) is 2. The van der Waals surface area contributed by atoms with E-state index < -0.39 is 10.0 Å². The number of unbranched alkanes of at least 4 members (excludes halogenated alkanes) is 1. The highest BCUT2D eigenvalue weighted by molar-refractivity contribution is 9.10. The molecule has 0 heterocycles. The first-order valence-corrected chi connectivity index (χ1v) is 9.58. The fourth-order valence-electron chi connectivity index (χ4n) is 2.24. The van der Waals surface area contributed by atoms with Gasteiger partial charge in [0.25, 0.3) is 10.0 Å². The predicted molar refractivity (Wildman–Crippen MR) is 94.7 cm³/mol. The van der Waals surface area contributed by atoms with Gasteiger partial charge in [0.15, 0.2) is 0 Å². The number of anilines is 1. The van der Waals surface area contributed by atoms with Gasteiger partial charge in [0.1, 0.15) is 4.90 Å². The van der Waals surface area contributed by atoms with E-state index in [0.717, 1.165) is 24.8 Å². The minimum Gasteiger partial charge on any atom is -0.279 e. The van der Waals surface area contributed by atoms with E-state index in [1.54, 1.807) is 24.3 Å². The molecular formula is C17H20BrNO2S. The fraction of sp³-hybridized carbons (Fsp3) is 0.294. The average molecular weight is 382 g/mol. The van der Waals surface area contributed by atoms with Crippen molar-refractivity contribution in [3.8, 4) is 0 Å². The largest absolute Gasteiger partial charge is 0.279 e. The third kappa shape index (κ3) is 4.11. The molecule has 0 fully saturated rings. The van der Waals surface area contributed by atoms with Gasteiger partial charge in [-0.15, -0.1) is 0 Å². The van der Waals surface area contributed by atoms with Crippen molar-refractivity contribution >= 4 is 31.6 Å². The van der Waals surface area contributed by atoms with Crippen molar-refractivity contribution in [2.45, 2.75) is 38.0 Å². The van der Waals surface area contributed by atoms with Crippen LogP contribution in [0.3, 0.4) is 0 Å². The zero-order chi connectivity index (χ0) is 16.2. The van der Waals surface area contributed by atoms with E-state index in [2.05, 4.69) is 27.6 Å². The van der Waals surface area contributed by atoms with Gasteiger partial charge in [0.05, 0.1) is 5.69 Å². The summed E-state index contributed by atoms with van der Waals surface area (Å²) >= 11 is 3.28. The monoisotopic (exact) mass is 381 g/mol. The Kier molecular flexibility index (Phi) is 5.64. The van der Waals surface area contributed by atoms with Crippen molar-refractivity contribution in [1.82, 2.24) is 0 Å². The Hall–Kier alpha value is -1.33. The molecule has 2 aromatic carbocycles. The molecule has 0 aliphatic carbocycles. The maximum atomic E-state index is 12.5. The lowest BCUT2D eigenvalue weighted by Gasteiger charge is -2.13. The van der Waals surface area contributed by atoms with Crippen molar-refractivity contribution < 1.29 is 8.42 Å². The summed E-state index contributed by atoms with van der Waals surface area (Å²) in [6, 6.07) is 12.7. The summed E-state index contributed by atoms with van der Waals surface area (Å²) in [7, 11) is -3.59. The molecule has 3 nitrogen and oxygen atoms in total. The van der Waals surface area contributed by atoms with Crippen molar-refractivity contribution in [3.05, 3.63) is 58.1 Å². The standard InChI is InChI=1S/C17H20BrNO2S/c1-3-4-7-14-10-11-16(13(2)12-14)19-22(20,21)17-9-6-5-8-15(17)18/h5-6,8-12,19H,3-4,7H2,1-2H3. The number of hydrogen-bond donors (Lipinski definition) is 1. The topological polar surface area (TPSA) is 46.2 Å². The van der Waals surface area contributed by atoms with Crippen LogP contribution in [0.15, 0.2) is 51.8 Å². The molecule has 0 spiro atoms. The normalized spacial score (nSPS) is 11.4. The third-order valence-electron chi connectivity index (χ3n) is 3.48. The summed E-state index contributed by atoms with van der Waals surface area (Å²) in [6.07, 6.45) is 3.31. The van der Waals surface area contributed by atoms with Crippen LogP contribution in [0.4, 0.5) is 5.69 Å². The Morgan fingerprint density at radius 1 is 1.14 bits per heavy atom. The minimum atomic E-state index is -3.59. The average Bonchev–Trinajstić information content (AvgIpc) is 2.48. The van der Waals surface area contributed by atoms with Crippen LogP contribution in [0.1, 0.15) is 30.9 Å². The highest BCUT2D eigenvalue weighted by Crippen LogP contribution is 2.25. The highest BCUT2D eigenvalue weighted by Gasteiger charge is 2.18. The molecule has 5 heteroatoms. The lowest BCUT2D eigenvalue weighted by atomic mass is 10.1. The van der Waals surface area contributed by atoms with Gasteiger partial charge in [0.2, 0.25) is 0 Å².